The van der Waals surface area contributed by atoms with Gasteiger partial charge in [0.25, 0.3) is 11.6 Å². The van der Waals surface area contributed by atoms with Crippen molar-refractivity contribution in [1.29, 1.82) is 0 Å². The molecule has 1 aliphatic heterocycles. The lowest BCUT2D eigenvalue weighted by molar-refractivity contribution is -0.384. The summed E-state index contributed by atoms with van der Waals surface area (Å²) in [5, 5.41) is 14.6. The number of non-ortho nitro benzene ring substituents is 1. The highest BCUT2D eigenvalue weighted by atomic mass is 32.1. The van der Waals surface area contributed by atoms with Gasteiger partial charge >= 0.3 is 0 Å². The van der Waals surface area contributed by atoms with Crippen molar-refractivity contribution >= 4 is 44.0 Å². The topological polar surface area (TPSA) is 97.6 Å². The fourth-order valence-corrected chi connectivity index (χ4v) is 3.90. The second-order valence-electron chi connectivity index (χ2n) is 6.04. The van der Waals surface area contributed by atoms with Gasteiger partial charge in [-0.05, 0) is 24.3 Å². The number of hydrogen-bond acceptors (Lipinski definition) is 7. The summed E-state index contributed by atoms with van der Waals surface area (Å²) in [6, 6.07) is 11.2. The minimum Gasteiger partial charge on any atom is -0.378 e. The number of amides is 1. The molecule has 1 fully saturated rings. The van der Waals surface area contributed by atoms with Gasteiger partial charge in [-0.3, -0.25) is 14.9 Å². The monoisotopic (exact) mass is 384 g/mol. The quantitative estimate of drug-likeness (QED) is 0.548. The number of carbonyl (C=O) groups excluding carboxylic acids is 1. The zero-order chi connectivity index (χ0) is 18.8. The first kappa shape index (κ1) is 17.4. The van der Waals surface area contributed by atoms with Crippen LogP contribution in [0, 0.1) is 10.1 Å². The maximum atomic E-state index is 12.4. The lowest BCUT2D eigenvalue weighted by Crippen LogP contribution is -2.36. The molecule has 2 aromatic carbocycles. The third-order valence-electron chi connectivity index (χ3n) is 4.24. The van der Waals surface area contributed by atoms with Crippen molar-refractivity contribution in [3.05, 3.63) is 58.1 Å². The van der Waals surface area contributed by atoms with E-state index < -0.39 is 10.8 Å². The highest BCUT2D eigenvalue weighted by Crippen LogP contribution is 2.31. The van der Waals surface area contributed by atoms with E-state index in [1.54, 1.807) is 23.5 Å². The number of benzene rings is 2. The Hall–Kier alpha value is -3.04. The van der Waals surface area contributed by atoms with Gasteiger partial charge in [0.1, 0.15) is 0 Å². The Bertz CT molecular complexity index is 1010. The Morgan fingerprint density at radius 1 is 1.22 bits per heavy atom. The van der Waals surface area contributed by atoms with E-state index >= 15 is 0 Å². The van der Waals surface area contributed by atoms with E-state index in [-0.39, 0.29) is 11.3 Å². The second kappa shape index (κ2) is 7.29. The zero-order valence-corrected chi connectivity index (χ0v) is 15.1. The number of carbonyl (C=O) groups is 1. The molecule has 3 aromatic rings. The first-order chi connectivity index (χ1) is 13.1. The molecule has 138 valence electrons. The molecule has 1 N–H and O–H groups in total. The Morgan fingerprint density at radius 3 is 2.81 bits per heavy atom. The molecular weight excluding hydrogens is 368 g/mol. The first-order valence-electron chi connectivity index (χ1n) is 8.39. The summed E-state index contributed by atoms with van der Waals surface area (Å²) in [6.45, 7) is 3.02. The number of nitro benzene ring substituents is 1. The SMILES string of the molecule is O=C(Nc1ccc2nc(N3CCOCC3)sc2c1)c1cccc([N+](=O)[O-])c1. The van der Waals surface area contributed by atoms with Gasteiger partial charge in [-0.1, -0.05) is 17.4 Å². The average molecular weight is 384 g/mol. The van der Waals surface area contributed by atoms with Crippen LogP contribution in [-0.2, 0) is 4.74 Å². The Kier molecular flexibility index (Phi) is 4.69. The van der Waals surface area contributed by atoms with Gasteiger partial charge in [0.05, 0.1) is 28.4 Å². The molecule has 0 aliphatic carbocycles. The van der Waals surface area contributed by atoms with Crippen LogP contribution in [0.25, 0.3) is 10.2 Å². The predicted molar refractivity (Wildman–Crippen MR) is 104 cm³/mol. The molecule has 0 spiro atoms. The van der Waals surface area contributed by atoms with Gasteiger partial charge in [-0.15, -0.1) is 0 Å². The minimum absolute atomic E-state index is 0.115. The molecule has 0 radical (unpaired) electrons. The molecule has 1 aromatic heterocycles. The third-order valence-corrected chi connectivity index (χ3v) is 5.31. The maximum Gasteiger partial charge on any atom is 0.270 e. The van der Waals surface area contributed by atoms with Crippen LogP contribution >= 0.6 is 11.3 Å². The summed E-state index contributed by atoms with van der Waals surface area (Å²) >= 11 is 1.57. The highest BCUT2D eigenvalue weighted by molar-refractivity contribution is 7.22. The number of fused-ring (bicyclic) bond motifs is 1. The van der Waals surface area contributed by atoms with Crippen molar-refractivity contribution < 1.29 is 14.5 Å². The number of anilines is 2. The second-order valence-corrected chi connectivity index (χ2v) is 7.05. The van der Waals surface area contributed by atoms with E-state index in [1.807, 2.05) is 12.1 Å². The van der Waals surface area contributed by atoms with Crippen molar-refractivity contribution in [2.24, 2.45) is 0 Å². The fraction of sp³-hybridized carbons (Fsp3) is 0.222. The average Bonchev–Trinajstić information content (AvgIpc) is 3.12. The largest absolute Gasteiger partial charge is 0.378 e. The molecule has 9 heteroatoms. The van der Waals surface area contributed by atoms with Crippen molar-refractivity contribution in [2.75, 3.05) is 36.5 Å². The first-order valence-corrected chi connectivity index (χ1v) is 9.21. The van der Waals surface area contributed by atoms with Gasteiger partial charge in [-0.2, -0.15) is 0 Å². The Morgan fingerprint density at radius 2 is 2.04 bits per heavy atom. The van der Waals surface area contributed by atoms with Crippen molar-refractivity contribution in [3.63, 3.8) is 0 Å². The van der Waals surface area contributed by atoms with Gasteiger partial charge in [0.2, 0.25) is 0 Å². The normalized spacial score (nSPS) is 14.3. The van der Waals surface area contributed by atoms with E-state index in [0.29, 0.717) is 18.9 Å². The minimum atomic E-state index is -0.521. The van der Waals surface area contributed by atoms with Gasteiger partial charge in [-0.25, -0.2) is 4.98 Å². The molecule has 1 amide bonds. The van der Waals surface area contributed by atoms with Crippen LogP contribution in [-0.4, -0.2) is 42.1 Å². The van der Waals surface area contributed by atoms with Crippen molar-refractivity contribution in [1.82, 2.24) is 4.98 Å². The lowest BCUT2D eigenvalue weighted by atomic mass is 10.2. The van der Waals surface area contributed by atoms with E-state index in [9.17, 15) is 14.9 Å². The van der Waals surface area contributed by atoms with E-state index in [1.165, 1.54) is 18.2 Å². The molecular formula is C18H16N4O4S. The van der Waals surface area contributed by atoms with Crippen LogP contribution in [0.2, 0.25) is 0 Å². The molecule has 0 bridgehead atoms. The highest BCUT2D eigenvalue weighted by Gasteiger charge is 2.16. The third kappa shape index (κ3) is 3.74. The smallest absolute Gasteiger partial charge is 0.270 e. The summed E-state index contributed by atoms with van der Waals surface area (Å²) in [4.78, 5) is 29.6. The van der Waals surface area contributed by atoms with Crippen LogP contribution in [0.1, 0.15) is 10.4 Å². The Labute approximate surface area is 158 Å². The summed E-state index contributed by atoms with van der Waals surface area (Å²) < 4.78 is 6.33. The molecule has 8 nitrogen and oxygen atoms in total. The predicted octanol–water partition coefficient (Wildman–Crippen LogP) is 3.29. The molecule has 2 heterocycles. The standard InChI is InChI=1S/C18H16N4O4S/c23-17(12-2-1-3-14(10-12)22(24)25)19-13-4-5-15-16(11-13)27-18(20-15)21-6-8-26-9-7-21/h1-5,10-11H,6-9H2,(H,19,23). The number of hydrogen-bond donors (Lipinski definition) is 1. The number of ether oxygens (including phenoxy) is 1. The van der Waals surface area contributed by atoms with Crippen LogP contribution in [0.15, 0.2) is 42.5 Å². The number of morpholine rings is 1. The molecule has 27 heavy (non-hydrogen) atoms. The molecule has 0 saturated carbocycles. The maximum absolute atomic E-state index is 12.4. The molecule has 1 aliphatic rings. The van der Waals surface area contributed by atoms with E-state index in [2.05, 4.69) is 15.2 Å². The van der Waals surface area contributed by atoms with E-state index in [4.69, 9.17) is 4.74 Å². The van der Waals surface area contributed by atoms with Crippen LogP contribution < -0.4 is 10.2 Å². The molecule has 0 atom stereocenters. The fourth-order valence-electron chi connectivity index (χ4n) is 2.84. The van der Waals surface area contributed by atoms with Crippen LogP contribution in [0.3, 0.4) is 0 Å². The number of aromatic nitrogens is 1. The van der Waals surface area contributed by atoms with Gasteiger partial charge in [0, 0.05) is 36.5 Å². The summed E-state index contributed by atoms with van der Waals surface area (Å²) in [5.74, 6) is -0.393. The van der Waals surface area contributed by atoms with Crippen molar-refractivity contribution in [3.8, 4) is 0 Å². The molecule has 4 rings (SSSR count). The van der Waals surface area contributed by atoms with E-state index in [0.717, 1.165) is 28.4 Å². The summed E-state index contributed by atoms with van der Waals surface area (Å²) in [7, 11) is 0. The Balaban J connectivity index is 1.54. The van der Waals surface area contributed by atoms with Gasteiger partial charge < -0.3 is 15.0 Å². The van der Waals surface area contributed by atoms with Gasteiger partial charge in [0.15, 0.2) is 5.13 Å². The number of nitro groups is 1. The molecule has 0 unspecified atom stereocenters. The lowest BCUT2D eigenvalue weighted by Gasteiger charge is -2.25. The van der Waals surface area contributed by atoms with Crippen LogP contribution in [0.4, 0.5) is 16.5 Å². The zero-order valence-electron chi connectivity index (χ0n) is 14.3. The van der Waals surface area contributed by atoms with Crippen LogP contribution in [0.5, 0.6) is 0 Å². The number of nitrogens with zero attached hydrogens (tertiary/aromatic N) is 3. The van der Waals surface area contributed by atoms with Crippen molar-refractivity contribution in [2.45, 2.75) is 0 Å². The number of rotatable bonds is 4. The number of nitrogens with one attached hydrogen (secondary N) is 1. The summed E-state index contributed by atoms with van der Waals surface area (Å²) in [6.07, 6.45) is 0. The molecule has 1 saturated heterocycles. The number of thiazole rings is 1. The summed E-state index contributed by atoms with van der Waals surface area (Å²) in [5.41, 5.74) is 1.62.